The maximum absolute atomic E-state index is 4.95. The van der Waals surface area contributed by atoms with Crippen molar-refractivity contribution in [3.05, 3.63) is 11.6 Å². The van der Waals surface area contributed by atoms with Crippen molar-refractivity contribution in [3.63, 3.8) is 0 Å². The summed E-state index contributed by atoms with van der Waals surface area (Å²) >= 11 is 3.32. The average molecular weight is 209 g/mol. The molecule has 0 heterocycles. The lowest BCUT2D eigenvalue weighted by Crippen LogP contribution is -2.09. The van der Waals surface area contributed by atoms with Crippen molar-refractivity contribution in [1.29, 1.82) is 0 Å². The molecule has 0 saturated carbocycles. The Bertz CT molecular complexity index is 108. The third-order valence-electron chi connectivity index (χ3n) is 1.10. The normalized spacial score (nSPS) is 12.7. The Hall–Kier alpha value is 0.140. The molecule has 10 heavy (non-hydrogen) atoms. The molecular formula is C7H13BrO2. The Labute approximate surface area is 70.3 Å². The molecule has 0 aromatic carbocycles. The minimum Gasteiger partial charge on any atom is -0.352 e. The molecule has 0 fully saturated rings. The maximum Gasteiger partial charge on any atom is 0.176 e. The lowest BCUT2D eigenvalue weighted by molar-refractivity contribution is -0.0670. The largest absolute Gasteiger partial charge is 0.352 e. The van der Waals surface area contributed by atoms with E-state index in [1.807, 2.05) is 13.0 Å². The maximum atomic E-state index is 4.95. The first-order chi connectivity index (χ1) is 4.74. The van der Waals surface area contributed by atoms with Gasteiger partial charge in [-0.2, -0.15) is 0 Å². The molecule has 60 valence electrons. The molecule has 0 aliphatic heterocycles. The highest BCUT2D eigenvalue weighted by atomic mass is 79.9. The van der Waals surface area contributed by atoms with E-state index in [1.54, 1.807) is 14.2 Å². The summed E-state index contributed by atoms with van der Waals surface area (Å²) in [6.07, 6.45) is 1.71. The Morgan fingerprint density at radius 2 is 2.00 bits per heavy atom. The molecule has 0 aliphatic carbocycles. The predicted molar refractivity (Wildman–Crippen MR) is 45.4 cm³/mol. The molecule has 0 spiro atoms. The number of hydrogen-bond donors (Lipinski definition) is 0. The number of ether oxygens (including phenoxy) is 2. The van der Waals surface area contributed by atoms with Gasteiger partial charge >= 0.3 is 0 Å². The zero-order valence-corrected chi connectivity index (χ0v) is 8.14. The van der Waals surface area contributed by atoms with Gasteiger partial charge in [0, 0.05) is 19.5 Å². The zero-order chi connectivity index (χ0) is 7.98. The van der Waals surface area contributed by atoms with Gasteiger partial charge in [-0.15, -0.1) is 0 Å². The van der Waals surface area contributed by atoms with Crippen LogP contribution in [-0.4, -0.2) is 25.8 Å². The van der Waals surface area contributed by atoms with E-state index in [2.05, 4.69) is 15.9 Å². The quantitative estimate of drug-likeness (QED) is 0.400. The average Bonchev–Trinajstić information content (AvgIpc) is 1.99. The van der Waals surface area contributed by atoms with Gasteiger partial charge in [-0.05, 0) is 13.0 Å². The van der Waals surface area contributed by atoms with E-state index in [9.17, 15) is 0 Å². The van der Waals surface area contributed by atoms with Gasteiger partial charge in [0.1, 0.15) is 0 Å². The molecule has 0 saturated heterocycles. The zero-order valence-electron chi connectivity index (χ0n) is 6.56. The number of methoxy groups -OCH3 is 2. The van der Waals surface area contributed by atoms with Crippen molar-refractivity contribution in [1.82, 2.24) is 0 Å². The molecule has 0 radical (unpaired) electrons. The van der Waals surface area contributed by atoms with E-state index in [0.29, 0.717) is 0 Å². The van der Waals surface area contributed by atoms with Crippen LogP contribution < -0.4 is 0 Å². The van der Waals surface area contributed by atoms with E-state index in [0.717, 1.165) is 5.33 Å². The third-order valence-corrected chi connectivity index (χ3v) is 1.98. The number of rotatable bonds is 4. The van der Waals surface area contributed by atoms with Gasteiger partial charge in [-0.1, -0.05) is 21.5 Å². The number of halogens is 1. The van der Waals surface area contributed by atoms with Gasteiger partial charge in [0.15, 0.2) is 6.29 Å². The summed E-state index contributed by atoms with van der Waals surface area (Å²) in [4.78, 5) is 0. The second-order valence-electron chi connectivity index (χ2n) is 1.99. The molecule has 2 nitrogen and oxygen atoms in total. The summed E-state index contributed by atoms with van der Waals surface area (Å²) in [5.41, 5.74) is 1.20. The lowest BCUT2D eigenvalue weighted by Gasteiger charge is -2.08. The van der Waals surface area contributed by atoms with E-state index in [1.165, 1.54) is 5.57 Å². The minimum absolute atomic E-state index is 0.211. The first kappa shape index (κ1) is 10.1. The fraction of sp³-hybridized carbons (Fsp3) is 0.714. The molecular weight excluding hydrogens is 196 g/mol. The predicted octanol–water partition coefficient (Wildman–Crippen LogP) is 1.95. The Morgan fingerprint density at radius 3 is 2.30 bits per heavy atom. The van der Waals surface area contributed by atoms with E-state index < -0.39 is 0 Å². The van der Waals surface area contributed by atoms with Crippen LogP contribution in [-0.2, 0) is 9.47 Å². The Morgan fingerprint density at radius 1 is 1.50 bits per heavy atom. The highest BCUT2D eigenvalue weighted by molar-refractivity contribution is 9.09. The lowest BCUT2D eigenvalue weighted by atomic mass is 10.3. The highest BCUT2D eigenvalue weighted by Crippen LogP contribution is 2.02. The van der Waals surface area contributed by atoms with Gasteiger partial charge in [0.2, 0.25) is 0 Å². The van der Waals surface area contributed by atoms with Crippen LogP contribution in [0, 0.1) is 0 Å². The summed E-state index contributed by atoms with van der Waals surface area (Å²) in [6, 6.07) is 0. The van der Waals surface area contributed by atoms with Gasteiger partial charge in [0.05, 0.1) is 0 Å². The van der Waals surface area contributed by atoms with Crippen molar-refractivity contribution in [2.75, 3.05) is 19.5 Å². The van der Waals surface area contributed by atoms with Crippen LogP contribution in [0.3, 0.4) is 0 Å². The topological polar surface area (TPSA) is 18.5 Å². The summed E-state index contributed by atoms with van der Waals surface area (Å²) < 4.78 is 9.91. The molecule has 0 amide bonds. The molecule has 0 aromatic heterocycles. The summed E-state index contributed by atoms with van der Waals surface area (Å²) in [7, 11) is 3.23. The molecule has 0 aromatic rings. The van der Waals surface area contributed by atoms with Gasteiger partial charge in [-0.3, -0.25) is 0 Å². The van der Waals surface area contributed by atoms with Gasteiger partial charge in [0.25, 0.3) is 0 Å². The van der Waals surface area contributed by atoms with Crippen molar-refractivity contribution >= 4 is 15.9 Å². The molecule has 0 rings (SSSR count). The van der Waals surface area contributed by atoms with Crippen LogP contribution in [0.4, 0.5) is 0 Å². The number of allylic oxidation sites excluding steroid dienone is 1. The molecule has 0 unspecified atom stereocenters. The van der Waals surface area contributed by atoms with Gasteiger partial charge in [-0.25, -0.2) is 0 Å². The smallest absolute Gasteiger partial charge is 0.176 e. The first-order valence-corrected chi connectivity index (χ1v) is 4.15. The Kier molecular flexibility index (Phi) is 5.97. The van der Waals surface area contributed by atoms with E-state index >= 15 is 0 Å². The third kappa shape index (κ3) is 4.04. The molecule has 0 N–H and O–H groups in total. The van der Waals surface area contributed by atoms with E-state index in [4.69, 9.17) is 9.47 Å². The van der Waals surface area contributed by atoms with Crippen molar-refractivity contribution in [2.24, 2.45) is 0 Å². The molecule has 0 atom stereocenters. The number of alkyl halides is 1. The van der Waals surface area contributed by atoms with Crippen molar-refractivity contribution < 1.29 is 9.47 Å². The monoisotopic (exact) mass is 208 g/mol. The van der Waals surface area contributed by atoms with Crippen LogP contribution in [0.15, 0.2) is 11.6 Å². The van der Waals surface area contributed by atoms with Gasteiger partial charge < -0.3 is 9.47 Å². The molecule has 3 heteroatoms. The van der Waals surface area contributed by atoms with Crippen LogP contribution in [0.2, 0.25) is 0 Å². The minimum atomic E-state index is -0.211. The summed E-state index contributed by atoms with van der Waals surface area (Å²) in [5, 5.41) is 0.857. The first-order valence-electron chi connectivity index (χ1n) is 3.03. The highest BCUT2D eigenvalue weighted by Gasteiger charge is 1.98. The molecule has 0 aliphatic rings. The second kappa shape index (κ2) is 5.89. The number of hydrogen-bond acceptors (Lipinski definition) is 2. The Balaban J connectivity index is 3.80. The van der Waals surface area contributed by atoms with Crippen molar-refractivity contribution in [3.8, 4) is 0 Å². The standard InChI is InChI=1S/C7H13BrO2/c1-6(5-8)4-7(9-2)10-3/h4,7H,5H2,1-3H3/b6-4-. The molecule has 0 bridgehead atoms. The fourth-order valence-electron chi connectivity index (χ4n) is 0.509. The van der Waals surface area contributed by atoms with Crippen LogP contribution in [0.1, 0.15) is 6.92 Å². The second-order valence-corrected chi connectivity index (χ2v) is 2.55. The van der Waals surface area contributed by atoms with Crippen LogP contribution >= 0.6 is 15.9 Å². The van der Waals surface area contributed by atoms with Crippen LogP contribution in [0.5, 0.6) is 0 Å². The fourth-order valence-corrected chi connectivity index (χ4v) is 0.696. The van der Waals surface area contributed by atoms with Crippen LogP contribution in [0.25, 0.3) is 0 Å². The summed E-state index contributed by atoms with van der Waals surface area (Å²) in [6.45, 7) is 2.01. The van der Waals surface area contributed by atoms with Crippen molar-refractivity contribution in [2.45, 2.75) is 13.2 Å². The summed E-state index contributed by atoms with van der Waals surface area (Å²) in [5.74, 6) is 0. The van der Waals surface area contributed by atoms with E-state index in [-0.39, 0.29) is 6.29 Å². The SMILES string of the molecule is COC(/C=C(/C)CBr)OC.